The fourth-order valence-corrected chi connectivity index (χ4v) is 10.5. The first-order valence-electron chi connectivity index (χ1n) is 23.7. The van der Waals surface area contributed by atoms with Crippen LogP contribution in [0, 0.1) is 17.9 Å². The highest BCUT2D eigenvalue weighted by molar-refractivity contribution is 6.14. The summed E-state index contributed by atoms with van der Waals surface area (Å²) < 4.78 is 217. The van der Waals surface area contributed by atoms with Crippen LogP contribution in [0.5, 0.6) is 0 Å². The van der Waals surface area contributed by atoms with E-state index in [1.54, 1.807) is 75.9 Å². The molecule has 0 unspecified atom stereocenters. The van der Waals surface area contributed by atoms with Crippen molar-refractivity contribution in [1.29, 1.82) is 5.26 Å². The third kappa shape index (κ3) is 8.88. The van der Waals surface area contributed by atoms with Crippen LogP contribution in [0.25, 0.3) is 104 Å². The minimum absolute atomic E-state index is 0.0301. The topological polar surface area (TPSA) is 38.0 Å². The van der Waals surface area contributed by atoms with E-state index in [2.05, 4.69) is 10.9 Å². The molecule has 4 nitrogen and oxygen atoms in total. The average molecular weight is 1100 g/mol. The van der Waals surface area contributed by atoms with Gasteiger partial charge in [-0.05, 0) is 118 Å². The van der Waals surface area contributed by atoms with E-state index in [1.807, 2.05) is 0 Å². The molecule has 2 aromatic heterocycles. The number of fused-ring (bicyclic) bond motifs is 6. The molecule has 0 saturated carbocycles. The molecule has 398 valence electrons. The summed E-state index contributed by atoms with van der Waals surface area (Å²) in [6.07, 6.45) is -25.5. The Morgan fingerprint density at radius 1 is 0.362 bits per heavy atom. The van der Waals surface area contributed by atoms with E-state index in [-0.39, 0.29) is 62.5 Å². The van der Waals surface area contributed by atoms with Crippen molar-refractivity contribution < 1.29 is 65.9 Å². The van der Waals surface area contributed by atoms with Gasteiger partial charge in [0.15, 0.2) is 5.69 Å². The Kier molecular flexibility index (Phi) is 12.2. The average Bonchev–Trinajstić information content (AvgIpc) is 4.13. The standard InChI is InChI=1S/C61H29F15N4/c1-78-48-30-37(59(68,69)70)20-23-40(48)43-11-7-15-54(80-50-13-5-3-10-42(50)45-27-33(17-25-52(45)80)39-22-19-36(58(65,66)67)29-47(39)61(74,75)76)56(43)55-34(31-77)8-6-14-53(55)79-49-12-4-2-9-41(49)44-26-32(16-24-51(44)79)38-21-18-35(57(62,63)64)28-46(38)60(71,72)73/h2-30H. The maximum absolute atomic E-state index is 14.6. The highest BCUT2D eigenvalue weighted by atomic mass is 19.4. The number of halogens is 15. The molecule has 2 heterocycles. The van der Waals surface area contributed by atoms with Crippen molar-refractivity contribution in [3.63, 3.8) is 0 Å². The predicted molar refractivity (Wildman–Crippen MR) is 273 cm³/mol. The molecule has 0 fully saturated rings. The zero-order chi connectivity index (χ0) is 57.0. The van der Waals surface area contributed by atoms with Crippen LogP contribution in [0.1, 0.15) is 33.4 Å². The number of alkyl halides is 15. The largest absolute Gasteiger partial charge is 0.417 e. The first-order valence-corrected chi connectivity index (χ1v) is 23.7. The third-order valence-corrected chi connectivity index (χ3v) is 13.9. The Morgan fingerprint density at radius 3 is 1.21 bits per heavy atom. The summed E-state index contributed by atoms with van der Waals surface area (Å²) in [7, 11) is 0. The molecule has 0 atom stereocenters. The minimum atomic E-state index is -5.23. The maximum atomic E-state index is 14.6. The maximum Gasteiger partial charge on any atom is 0.417 e. The van der Waals surface area contributed by atoms with Crippen LogP contribution < -0.4 is 0 Å². The van der Waals surface area contributed by atoms with E-state index in [0.717, 1.165) is 24.3 Å². The van der Waals surface area contributed by atoms with E-state index in [4.69, 9.17) is 6.57 Å². The predicted octanol–water partition coefficient (Wildman–Crippen LogP) is 20.1. The quantitative estimate of drug-likeness (QED) is 0.121. The lowest BCUT2D eigenvalue weighted by Crippen LogP contribution is -2.12. The van der Waals surface area contributed by atoms with E-state index in [0.29, 0.717) is 61.8 Å². The Hall–Kier alpha value is -9.49. The molecule has 0 aliphatic heterocycles. The number of aromatic nitrogens is 2. The molecule has 0 spiro atoms. The van der Waals surface area contributed by atoms with Crippen LogP contribution in [0.15, 0.2) is 176 Å². The number of benzene rings is 9. The number of hydrogen-bond acceptors (Lipinski definition) is 1. The summed E-state index contributed by atoms with van der Waals surface area (Å²) >= 11 is 0. The Bertz CT molecular complexity index is 4440. The molecule has 9 aromatic carbocycles. The fourth-order valence-electron chi connectivity index (χ4n) is 10.5. The van der Waals surface area contributed by atoms with E-state index in [1.165, 1.54) is 54.6 Å². The zero-order valence-electron chi connectivity index (χ0n) is 40.2. The van der Waals surface area contributed by atoms with E-state index in [9.17, 15) is 71.1 Å². The van der Waals surface area contributed by atoms with Crippen molar-refractivity contribution in [2.75, 3.05) is 0 Å². The second kappa shape index (κ2) is 18.6. The van der Waals surface area contributed by atoms with Crippen molar-refractivity contribution in [2.45, 2.75) is 30.9 Å². The smallest absolute Gasteiger partial charge is 0.309 e. The zero-order valence-corrected chi connectivity index (χ0v) is 40.2. The molecular weight excluding hydrogens is 1070 g/mol. The molecule has 19 heteroatoms. The van der Waals surface area contributed by atoms with Gasteiger partial charge in [0, 0.05) is 38.2 Å². The Labute approximate surface area is 441 Å². The summed E-state index contributed by atoms with van der Waals surface area (Å²) in [5.74, 6) is 0. The molecule has 0 N–H and O–H groups in total. The number of para-hydroxylation sites is 2. The number of nitrogens with zero attached hydrogens (tertiary/aromatic N) is 4. The molecule has 80 heavy (non-hydrogen) atoms. The van der Waals surface area contributed by atoms with Crippen LogP contribution in [0.4, 0.5) is 71.5 Å². The molecule has 0 aliphatic carbocycles. The molecular formula is C61H29F15N4. The monoisotopic (exact) mass is 1100 g/mol. The molecule has 11 aromatic rings. The van der Waals surface area contributed by atoms with Crippen LogP contribution >= 0.6 is 0 Å². The summed E-state index contributed by atoms with van der Waals surface area (Å²) in [6, 6.07) is 38.1. The van der Waals surface area contributed by atoms with Gasteiger partial charge in [-0.1, -0.05) is 91.0 Å². The van der Waals surface area contributed by atoms with Crippen molar-refractivity contribution >= 4 is 49.3 Å². The van der Waals surface area contributed by atoms with Gasteiger partial charge in [0.2, 0.25) is 0 Å². The van der Waals surface area contributed by atoms with Crippen molar-refractivity contribution in [3.05, 3.63) is 221 Å². The first kappa shape index (κ1) is 52.6. The normalized spacial score (nSPS) is 12.7. The van der Waals surface area contributed by atoms with Gasteiger partial charge in [0.25, 0.3) is 0 Å². The van der Waals surface area contributed by atoms with E-state index < -0.39 is 75.5 Å². The first-order chi connectivity index (χ1) is 37.8. The molecule has 0 aliphatic rings. The minimum Gasteiger partial charge on any atom is -0.309 e. The summed E-state index contributed by atoms with van der Waals surface area (Å²) in [4.78, 5) is 3.50. The second-order valence-corrected chi connectivity index (χ2v) is 18.5. The lowest BCUT2D eigenvalue weighted by Gasteiger charge is -2.23. The van der Waals surface area contributed by atoms with E-state index >= 15 is 0 Å². The summed E-state index contributed by atoms with van der Waals surface area (Å²) in [5.41, 5.74) is -6.97. The number of nitriles is 1. The lowest BCUT2D eigenvalue weighted by molar-refractivity contribution is -0.144. The van der Waals surface area contributed by atoms with Crippen molar-refractivity contribution in [1.82, 2.24) is 9.13 Å². The Balaban J connectivity index is 1.22. The van der Waals surface area contributed by atoms with Gasteiger partial charge in [-0.2, -0.15) is 71.1 Å². The van der Waals surface area contributed by atoms with Crippen LogP contribution in [-0.4, -0.2) is 9.13 Å². The summed E-state index contributed by atoms with van der Waals surface area (Å²) in [5, 5.41) is 12.6. The molecule has 11 rings (SSSR count). The van der Waals surface area contributed by atoms with Gasteiger partial charge < -0.3 is 9.13 Å². The summed E-state index contributed by atoms with van der Waals surface area (Å²) in [6.45, 7) is 8.14. The lowest BCUT2D eigenvalue weighted by atomic mass is 9.88. The van der Waals surface area contributed by atoms with Crippen molar-refractivity contribution in [3.8, 4) is 62.0 Å². The highest BCUT2D eigenvalue weighted by Gasteiger charge is 2.40. The fraction of sp³-hybridized carbons (Fsp3) is 0.0820. The third-order valence-electron chi connectivity index (χ3n) is 13.9. The number of rotatable bonds is 6. The van der Waals surface area contributed by atoms with Gasteiger partial charge >= 0.3 is 30.9 Å². The van der Waals surface area contributed by atoms with Crippen LogP contribution in [-0.2, 0) is 30.9 Å². The number of hydrogen-bond donors (Lipinski definition) is 0. The SMILES string of the molecule is [C-]#[N+]c1cc(C(F)(F)F)ccc1-c1cccc(-n2c3ccccc3c3cc(-c4ccc(C(F)(F)F)cc4C(F)(F)F)ccc32)c1-c1c(C#N)cccc1-n1c2ccccc2c2cc(-c3ccc(C(F)(F)F)cc3C(F)(F)F)ccc21. The van der Waals surface area contributed by atoms with Crippen LogP contribution in [0.3, 0.4) is 0 Å². The van der Waals surface area contributed by atoms with Crippen LogP contribution in [0.2, 0.25) is 0 Å². The van der Waals surface area contributed by atoms with Crippen molar-refractivity contribution in [2.24, 2.45) is 0 Å². The van der Waals surface area contributed by atoms with Gasteiger partial charge in [0.1, 0.15) is 0 Å². The molecule has 0 radical (unpaired) electrons. The van der Waals surface area contributed by atoms with Gasteiger partial charge in [-0.25, -0.2) is 4.85 Å². The highest BCUT2D eigenvalue weighted by Crippen LogP contribution is 2.51. The Morgan fingerprint density at radius 2 is 0.775 bits per heavy atom. The molecule has 0 amide bonds. The van der Waals surface area contributed by atoms with Gasteiger partial charge in [-0.3, -0.25) is 0 Å². The van der Waals surface area contributed by atoms with Gasteiger partial charge in [0.05, 0.1) is 73.9 Å². The molecule has 0 bridgehead atoms. The molecule has 0 saturated heterocycles. The second-order valence-electron chi connectivity index (χ2n) is 18.5. The van der Waals surface area contributed by atoms with Gasteiger partial charge in [-0.15, -0.1) is 0 Å².